The molecule has 0 spiro atoms. The van der Waals surface area contributed by atoms with E-state index in [4.69, 9.17) is 16.3 Å². The number of piperazine rings is 1. The molecule has 2 aromatic rings. The minimum absolute atomic E-state index is 0.0242. The number of ether oxygens (including phenoxy) is 1. The van der Waals surface area contributed by atoms with Gasteiger partial charge in [0, 0.05) is 43.9 Å². The van der Waals surface area contributed by atoms with Gasteiger partial charge in [-0.05, 0) is 36.4 Å². The van der Waals surface area contributed by atoms with Crippen molar-refractivity contribution in [2.75, 3.05) is 44.2 Å². The van der Waals surface area contributed by atoms with E-state index in [1.165, 1.54) is 24.3 Å². The fourth-order valence-electron chi connectivity index (χ4n) is 4.28. The van der Waals surface area contributed by atoms with Crippen molar-refractivity contribution in [3.63, 3.8) is 0 Å². The Balaban J connectivity index is 1.42. The van der Waals surface area contributed by atoms with Crippen molar-refractivity contribution in [3.8, 4) is 0 Å². The molecule has 3 N–H and O–H groups in total. The van der Waals surface area contributed by atoms with E-state index in [0.717, 1.165) is 5.82 Å². The first kappa shape index (κ1) is 23.4. The Morgan fingerprint density at radius 2 is 1.81 bits per heavy atom. The van der Waals surface area contributed by atoms with Crippen molar-refractivity contribution < 1.29 is 23.4 Å². The van der Waals surface area contributed by atoms with Gasteiger partial charge in [0.1, 0.15) is 18.0 Å². The van der Waals surface area contributed by atoms with Gasteiger partial charge in [-0.3, -0.25) is 4.90 Å². The molecule has 32 heavy (non-hydrogen) atoms. The Hall–Kier alpha value is -1.79. The monoisotopic (exact) mass is 482 g/mol. The fourth-order valence-corrected chi connectivity index (χ4v) is 5.45. The van der Waals surface area contributed by atoms with E-state index in [0.29, 0.717) is 31.2 Å². The van der Waals surface area contributed by atoms with Crippen molar-refractivity contribution >= 4 is 27.4 Å². The van der Waals surface area contributed by atoms with Crippen molar-refractivity contribution in [3.05, 3.63) is 53.7 Å². The van der Waals surface area contributed by atoms with Crippen LogP contribution >= 0.6 is 11.6 Å². The summed E-state index contributed by atoms with van der Waals surface area (Å²) in [4.78, 5) is 8.75. The zero-order valence-electron chi connectivity index (χ0n) is 17.4. The molecule has 1 aromatic carbocycles. The van der Waals surface area contributed by atoms with E-state index < -0.39 is 34.4 Å². The summed E-state index contributed by atoms with van der Waals surface area (Å²) >= 11 is 5.85. The van der Waals surface area contributed by atoms with Crippen LogP contribution in [-0.2, 0) is 14.8 Å². The molecule has 4 atom stereocenters. The Labute approximate surface area is 192 Å². The summed E-state index contributed by atoms with van der Waals surface area (Å²) < 4.78 is 33.7. The summed E-state index contributed by atoms with van der Waals surface area (Å²) in [5, 5.41) is 20.9. The molecule has 11 heteroatoms. The van der Waals surface area contributed by atoms with Crippen molar-refractivity contribution in [1.29, 1.82) is 0 Å². The van der Waals surface area contributed by atoms with Gasteiger partial charge in [-0.25, -0.2) is 18.1 Å². The standard InChI is InChI=1S/C21H27ClN4O5S/c22-15-4-6-16(7-5-15)32(29,30)24-13-17-20(21(28)18(14-27)31-17)26-11-9-25(10-12-26)19-3-1-2-8-23-19/h1-8,17-18,20-21,24,27-28H,9-14H2/t17-,18+,20+,21-/m1/s1. The third kappa shape index (κ3) is 5.07. The summed E-state index contributed by atoms with van der Waals surface area (Å²) in [7, 11) is -3.77. The molecule has 2 aliphatic heterocycles. The van der Waals surface area contributed by atoms with Crippen LogP contribution in [-0.4, -0.2) is 92.2 Å². The van der Waals surface area contributed by atoms with Crippen LogP contribution in [0.25, 0.3) is 0 Å². The molecule has 0 bridgehead atoms. The smallest absolute Gasteiger partial charge is 0.240 e. The molecule has 2 saturated heterocycles. The Morgan fingerprint density at radius 3 is 2.44 bits per heavy atom. The summed E-state index contributed by atoms with van der Waals surface area (Å²) in [5.74, 6) is 0.899. The van der Waals surface area contributed by atoms with E-state index in [2.05, 4.69) is 19.5 Å². The van der Waals surface area contributed by atoms with Gasteiger partial charge in [-0.1, -0.05) is 17.7 Å². The first-order valence-corrected chi connectivity index (χ1v) is 12.3. The summed E-state index contributed by atoms with van der Waals surface area (Å²) in [6, 6.07) is 11.2. The van der Waals surface area contributed by atoms with Crippen LogP contribution in [0.4, 0.5) is 5.82 Å². The van der Waals surface area contributed by atoms with Gasteiger partial charge < -0.3 is 19.8 Å². The van der Waals surface area contributed by atoms with Crippen LogP contribution in [0.2, 0.25) is 5.02 Å². The van der Waals surface area contributed by atoms with Crippen molar-refractivity contribution in [1.82, 2.24) is 14.6 Å². The minimum atomic E-state index is -3.77. The number of anilines is 1. The largest absolute Gasteiger partial charge is 0.394 e. The Morgan fingerprint density at radius 1 is 1.09 bits per heavy atom. The lowest BCUT2D eigenvalue weighted by atomic mass is 10.0. The average molecular weight is 483 g/mol. The van der Waals surface area contributed by atoms with E-state index in [-0.39, 0.29) is 18.0 Å². The highest BCUT2D eigenvalue weighted by Crippen LogP contribution is 2.27. The molecule has 2 fully saturated rings. The topological polar surface area (TPSA) is 115 Å². The number of nitrogens with one attached hydrogen (secondary N) is 1. The van der Waals surface area contributed by atoms with Crippen molar-refractivity contribution in [2.24, 2.45) is 0 Å². The molecule has 0 aliphatic carbocycles. The quantitative estimate of drug-likeness (QED) is 0.517. The molecule has 9 nitrogen and oxygen atoms in total. The van der Waals surface area contributed by atoms with Gasteiger partial charge in [-0.2, -0.15) is 0 Å². The van der Waals surface area contributed by atoms with Crippen LogP contribution < -0.4 is 9.62 Å². The summed E-state index contributed by atoms with van der Waals surface area (Å²) in [5.41, 5.74) is 0. The number of benzene rings is 1. The van der Waals surface area contributed by atoms with Gasteiger partial charge in [-0.15, -0.1) is 0 Å². The zero-order chi connectivity index (χ0) is 22.7. The maximum atomic E-state index is 12.7. The number of aromatic nitrogens is 1. The van der Waals surface area contributed by atoms with Gasteiger partial charge in [0.05, 0.1) is 23.6 Å². The number of halogens is 1. The highest BCUT2D eigenvalue weighted by atomic mass is 35.5. The molecule has 4 rings (SSSR count). The van der Waals surface area contributed by atoms with Gasteiger partial charge in [0.2, 0.25) is 10.0 Å². The first-order chi connectivity index (χ1) is 15.4. The number of hydrogen-bond donors (Lipinski definition) is 3. The summed E-state index contributed by atoms with van der Waals surface area (Å²) in [6.45, 7) is 2.37. The predicted octanol–water partition coefficient (Wildman–Crippen LogP) is 0.325. The minimum Gasteiger partial charge on any atom is -0.394 e. The zero-order valence-corrected chi connectivity index (χ0v) is 19.0. The fraction of sp³-hybridized carbons (Fsp3) is 0.476. The maximum Gasteiger partial charge on any atom is 0.240 e. The number of hydrogen-bond acceptors (Lipinski definition) is 8. The van der Waals surface area contributed by atoms with Gasteiger partial charge in [0.25, 0.3) is 0 Å². The van der Waals surface area contributed by atoms with E-state index >= 15 is 0 Å². The molecule has 2 aliphatic rings. The average Bonchev–Trinajstić information content (AvgIpc) is 3.14. The molecule has 0 unspecified atom stereocenters. The van der Waals surface area contributed by atoms with Crippen molar-refractivity contribution in [2.45, 2.75) is 29.2 Å². The van der Waals surface area contributed by atoms with E-state index in [9.17, 15) is 18.6 Å². The second kappa shape index (κ2) is 10.0. The first-order valence-electron chi connectivity index (χ1n) is 10.5. The number of aliphatic hydroxyl groups excluding tert-OH is 2. The van der Waals surface area contributed by atoms with Crippen LogP contribution in [0.5, 0.6) is 0 Å². The normalized spacial score (nSPS) is 27.0. The van der Waals surface area contributed by atoms with Crippen LogP contribution in [0.3, 0.4) is 0 Å². The molecule has 0 amide bonds. The molecule has 0 radical (unpaired) electrons. The number of pyridine rings is 1. The SMILES string of the molecule is O=S(=O)(NC[C@H]1O[C@@H](CO)[C@@H](O)[C@H]1N1CCN(c2ccccn2)CC1)c1ccc(Cl)cc1. The number of sulfonamides is 1. The van der Waals surface area contributed by atoms with E-state index in [1.54, 1.807) is 6.20 Å². The van der Waals surface area contributed by atoms with E-state index in [1.807, 2.05) is 18.2 Å². The Bertz CT molecular complexity index is 987. The number of rotatable bonds is 7. The molecule has 0 saturated carbocycles. The highest BCUT2D eigenvalue weighted by Gasteiger charge is 2.47. The third-order valence-corrected chi connectivity index (χ3v) is 7.64. The maximum absolute atomic E-state index is 12.7. The van der Waals surface area contributed by atoms with Gasteiger partial charge >= 0.3 is 0 Å². The number of aliphatic hydroxyl groups is 2. The lowest BCUT2D eigenvalue weighted by Crippen LogP contribution is -2.57. The molecule has 3 heterocycles. The molecular weight excluding hydrogens is 456 g/mol. The Kier molecular flexibility index (Phi) is 7.30. The number of nitrogens with zero attached hydrogens (tertiary/aromatic N) is 3. The highest BCUT2D eigenvalue weighted by molar-refractivity contribution is 7.89. The second-order valence-electron chi connectivity index (χ2n) is 7.89. The molecule has 1 aromatic heterocycles. The van der Waals surface area contributed by atoms with Crippen LogP contribution in [0, 0.1) is 0 Å². The second-order valence-corrected chi connectivity index (χ2v) is 10.1. The summed E-state index contributed by atoms with van der Waals surface area (Å²) in [6.07, 6.45) is -0.541. The predicted molar refractivity (Wildman–Crippen MR) is 120 cm³/mol. The molecular formula is C21H27ClN4O5S. The molecule has 174 valence electrons. The lowest BCUT2D eigenvalue weighted by molar-refractivity contribution is -0.0201. The van der Waals surface area contributed by atoms with Crippen LogP contribution in [0.15, 0.2) is 53.6 Å². The van der Waals surface area contributed by atoms with Gasteiger partial charge in [0.15, 0.2) is 0 Å². The third-order valence-electron chi connectivity index (χ3n) is 5.95. The lowest BCUT2D eigenvalue weighted by Gasteiger charge is -2.40. The van der Waals surface area contributed by atoms with Crippen LogP contribution in [0.1, 0.15) is 0 Å².